The van der Waals surface area contributed by atoms with Gasteiger partial charge in [0.1, 0.15) is 5.75 Å². The quantitative estimate of drug-likeness (QED) is 0.868. The van der Waals surface area contributed by atoms with Crippen LogP contribution >= 0.6 is 0 Å². The van der Waals surface area contributed by atoms with Crippen molar-refractivity contribution < 1.29 is 4.74 Å². The van der Waals surface area contributed by atoms with E-state index in [9.17, 15) is 0 Å². The van der Waals surface area contributed by atoms with Gasteiger partial charge in [0, 0.05) is 5.54 Å². The van der Waals surface area contributed by atoms with Crippen molar-refractivity contribution in [3.8, 4) is 5.75 Å². The summed E-state index contributed by atoms with van der Waals surface area (Å²) in [7, 11) is 1.70. The number of benzene rings is 1. The second kappa shape index (κ2) is 5.09. The van der Waals surface area contributed by atoms with Crippen LogP contribution in [0.25, 0.3) is 0 Å². The Bertz CT molecular complexity index is 360. The molecule has 2 heteroatoms. The SMILES string of the molecule is CCC1CCCC(N)(c2ccc(OC)cc2)C1. The Kier molecular flexibility index (Phi) is 3.72. The van der Waals surface area contributed by atoms with E-state index in [2.05, 4.69) is 19.1 Å². The standard InChI is InChI=1S/C15H23NO/c1-3-12-5-4-10-15(16,11-12)13-6-8-14(17-2)9-7-13/h6-9,12H,3-5,10-11,16H2,1-2H3. The molecular formula is C15H23NO. The maximum absolute atomic E-state index is 6.60. The minimum absolute atomic E-state index is 0.120. The monoisotopic (exact) mass is 233 g/mol. The lowest BCUT2D eigenvalue weighted by molar-refractivity contribution is 0.221. The van der Waals surface area contributed by atoms with Crippen LogP contribution < -0.4 is 10.5 Å². The summed E-state index contributed by atoms with van der Waals surface area (Å²) in [5, 5.41) is 0. The number of methoxy groups -OCH3 is 1. The molecule has 0 spiro atoms. The van der Waals surface area contributed by atoms with Gasteiger partial charge in [0.05, 0.1) is 7.11 Å². The molecule has 17 heavy (non-hydrogen) atoms. The first-order valence-electron chi connectivity index (χ1n) is 6.61. The maximum atomic E-state index is 6.60. The molecule has 2 nitrogen and oxygen atoms in total. The minimum Gasteiger partial charge on any atom is -0.497 e. The van der Waals surface area contributed by atoms with Gasteiger partial charge in [0.2, 0.25) is 0 Å². The third-order valence-electron chi connectivity index (χ3n) is 4.13. The normalized spacial score (nSPS) is 29.0. The maximum Gasteiger partial charge on any atom is 0.118 e. The van der Waals surface area contributed by atoms with Crippen LogP contribution in [0.5, 0.6) is 5.75 Å². The summed E-state index contributed by atoms with van der Waals surface area (Å²) in [6.45, 7) is 2.27. The molecule has 0 heterocycles. The van der Waals surface area contributed by atoms with Gasteiger partial charge >= 0.3 is 0 Å². The molecule has 0 amide bonds. The van der Waals surface area contributed by atoms with E-state index < -0.39 is 0 Å². The minimum atomic E-state index is -0.120. The van der Waals surface area contributed by atoms with E-state index in [0.29, 0.717) is 0 Å². The first-order valence-corrected chi connectivity index (χ1v) is 6.61. The first kappa shape index (κ1) is 12.4. The predicted octanol–water partition coefficient (Wildman–Crippen LogP) is 3.45. The fourth-order valence-electron chi connectivity index (χ4n) is 2.96. The highest BCUT2D eigenvalue weighted by molar-refractivity contribution is 5.32. The Morgan fingerprint density at radius 3 is 2.65 bits per heavy atom. The van der Waals surface area contributed by atoms with Crippen molar-refractivity contribution in [3.63, 3.8) is 0 Å². The van der Waals surface area contributed by atoms with Crippen LogP contribution in [-0.4, -0.2) is 7.11 Å². The molecule has 0 aliphatic heterocycles. The van der Waals surface area contributed by atoms with E-state index in [1.165, 1.54) is 24.8 Å². The molecule has 1 aliphatic carbocycles. The van der Waals surface area contributed by atoms with Crippen molar-refractivity contribution in [1.82, 2.24) is 0 Å². The number of hydrogen-bond donors (Lipinski definition) is 1. The van der Waals surface area contributed by atoms with Crippen molar-refractivity contribution in [2.45, 2.75) is 44.6 Å². The van der Waals surface area contributed by atoms with Crippen LogP contribution in [0.1, 0.15) is 44.6 Å². The van der Waals surface area contributed by atoms with E-state index in [1.807, 2.05) is 12.1 Å². The van der Waals surface area contributed by atoms with Crippen LogP contribution in [0.15, 0.2) is 24.3 Å². The summed E-state index contributed by atoms with van der Waals surface area (Å²) in [5.41, 5.74) is 7.74. The largest absolute Gasteiger partial charge is 0.497 e. The Morgan fingerprint density at radius 2 is 2.06 bits per heavy atom. The zero-order chi connectivity index (χ0) is 12.3. The van der Waals surface area contributed by atoms with Gasteiger partial charge in [0.15, 0.2) is 0 Å². The van der Waals surface area contributed by atoms with E-state index in [0.717, 1.165) is 24.5 Å². The molecule has 0 aromatic heterocycles. The summed E-state index contributed by atoms with van der Waals surface area (Å²) in [5.74, 6) is 1.69. The van der Waals surface area contributed by atoms with Gasteiger partial charge in [-0.05, 0) is 36.5 Å². The topological polar surface area (TPSA) is 35.2 Å². The average Bonchev–Trinajstić information content (AvgIpc) is 2.39. The zero-order valence-corrected chi connectivity index (χ0v) is 10.9. The Morgan fingerprint density at radius 1 is 1.35 bits per heavy atom. The van der Waals surface area contributed by atoms with Crippen LogP contribution in [0.4, 0.5) is 0 Å². The molecule has 1 aliphatic rings. The Hall–Kier alpha value is -1.02. The molecule has 0 radical (unpaired) electrons. The van der Waals surface area contributed by atoms with Crippen molar-refractivity contribution in [2.75, 3.05) is 7.11 Å². The van der Waals surface area contributed by atoms with Gasteiger partial charge in [-0.15, -0.1) is 0 Å². The molecule has 2 N–H and O–H groups in total. The summed E-state index contributed by atoms with van der Waals surface area (Å²) in [6.07, 6.45) is 6.06. The lowest BCUT2D eigenvalue weighted by Gasteiger charge is -2.38. The fourth-order valence-corrected chi connectivity index (χ4v) is 2.96. The molecule has 2 unspecified atom stereocenters. The van der Waals surface area contributed by atoms with E-state index in [1.54, 1.807) is 7.11 Å². The lowest BCUT2D eigenvalue weighted by atomic mass is 9.72. The molecule has 2 rings (SSSR count). The molecule has 1 saturated carbocycles. The lowest BCUT2D eigenvalue weighted by Crippen LogP contribution is -2.41. The molecule has 0 saturated heterocycles. The fraction of sp³-hybridized carbons (Fsp3) is 0.600. The number of rotatable bonds is 3. The van der Waals surface area contributed by atoms with E-state index in [-0.39, 0.29) is 5.54 Å². The van der Waals surface area contributed by atoms with Crippen LogP contribution in [0, 0.1) is 5.92 Å². The molecular weight excluding hydrogens is 210 g/mol. The van der Waals surface area contributed by atoms with Crippen LogP contribution in [0.2, 0.25) is 0 Å². The number of hydrogen-bond acceptors (Lipinski definition) is 2. The zero-order valence-electron chi connectivity index (χ0n) is 10.9. The van der Waals surface area contributed by atoms with Crippen molar-refractivity contribution in [3.05, 3.63) is 29.8 Å². The molecule has 94 valence electrons. The number of nitrogens with two attached hydrogens (primary N) is 1. The third kappa shape index (κ3) is 2.63. The molecule has 2 atom stereocenters. The van der Waals surface area contributed by atoms with Gasteiger partial charge in [-0.2, -0.15) is 0 Å². The third-order valence-corrected chi connectivity index (χ3v) is 4.13. The van der Waals surface area contributed by atoms with E-state index in [4.69, 9.17) is 10.5 Å². The summed E-state index contributed by atoms with van der Waals surface area (Å²) in [4.78, 5) is 0. The Balaban J connectivity index is 2.18. The summed E-state index contributed by atoms with van der Waals surface area (Å²) in [6, 6.07) is 8.27. The van der Waals surface area contributed by atoms with Gasteiger partial charge in [-0.1, -0.05) is 38.3 Å². The smallest absolute Gasteiger partial charge is 0.118 e. The highest BCUT2D eigenvalue weighted by Crippen LogP contribution is 2.39. The highest BCUT2D eigenvalue weighted by atomic mass is 16.5. The van der Waals surface area contributed by atoms with Gasteiger partial charge in [-0.25, -0.2) is 0 Å². The summed E-state index contributed by atoms with van der Waals surface area (Å²) < 4.78 is 5.19. The highest BCUT2D eigenvalue weighted by Gasteiger charge is 2.33. The van der Waals surface area contributed by atoms with Crippen LogP contribution in [-0.2, 0) is 5.54 Å². The van der Waals surface area contributed by atoms with Gasteiger partial charge in [-0.3, -0.25) is 0 Å². The molecule has 1 fully saturated rings. The van der Waals surface area contributed by atoms with Gasteiger partial charge in [0.25, 0.3) is 0 Å². The first-order chi connectivity index (χ1) is 8.18. The van der Waals surface area contributed by atoms with E-state index >= 15 is 0 Å². The second-order valence-electron chi connectivity index (χ2n) is 5.26. The molecule has 0 bridgehead atoms. The molecule has 1 aromatic rings. The predicted molar refractivity (Wildman–Crippen MR) is 71.1 cm³/mol. The van der Waals surface area contributed by atoms with Crippen molar-refractivity contribution >= 4 is 0 Å². The Labute approximate surface area is 104 Å². The summed E-state index contributed by atoms with van der Waals surface area (Å²) >= 11 is 0. The van der Waals surface area contributed by atoms with Gasteiger partial charge < -0.3 is 10.5 Å². The van der Waals surface area contributed by atoms with Crippen molar-refractivity contribution in [1.29, 1.82) is 0 Å². The second-order valence-corrected chi connectivity index (χ2v) is 5.26. The van der Waals surface area contributed by atoms with Crippen molar-refractivity contribution in [2.24, 2.45) is 11.7 Å². The number of ether oxygens (including phenoxy) is 1. The molecule has 1 aromatic carbocycles. The van der Waals surface area contributed by atoms with Crippen LogP contribution in [0.3, 0.4) is 0 Å². The average molecular weight is 233 g/mol.